The average Bonchev–Trinajstić information content (AvgIpc) is 2.95. The van der Waals surface area contributed by atoms with Crippen LogP contribution in [0.1, 0.15) is 12.8 Å². The van der Waals surface area contributed by atoms with Crippen LogP contribution >= 0.6 is 0 Å². The number of hydrazine groups is 1. The van der Waals surface area contributed by atoms with Gasteiger partial charge >= 0.3 is 5.69 Å². The van der Waals surface area contributed by atoms with Crippen molar-refractivity contribution < 1.29 is 14.5 Å². The zero-order valence-corrected chi connectivity index (χ0v) is 11.3. The van der Waals surface area contributed by atoms with Crippen LogP contribution in [0.4, 0.5) is 5.69 Å². The van der Waals surface area contributed by atoms with Gasteiger partial charge in [-0.3, -0.25) is 29.8 Å². The predicted octanol–water partition coefficient (Wildman–Crippen LogP) is -0.980. The van der Waals surface area contributed by atoms with Gasteiger partial charge in [0.2, 0.25) is 11.8 Å². The molecule has 21 heavy (non-hydrogen) atoms. The van der Waals surface area contributed by atoms with E-state index in [9.17, 15) is 19.7 Å². The first kappa shape index (κ1) is 14.9. The summed E-state index contributed by atoms with van der Waals surface area (Å²) >= 11 is 0. The fourth-order valence-electron chi connectivity index (χ4n) is 2.28. The van der Waals surface area contributed by atoms with Gasteiger partial charge in [-0.05, 0) is 12.8 Å². The number of hydrogen-bond acceptors (Lipinski definition) is 6. The lowest BCUT2D eigenvalue weighted by molar-refractivity contribution is -0.385. The number of amides is 2. The second kappa shape index (κ2) is 6.31. The molecular weight excluding hydrogens is 280 g/mol. The third-order valence-corrected chi connectivity index (χ3v) is 3.49. The number of nitro groups is 1. The van der Waals surface area contributed by atoms with Crippen molar-refractivity contribution in [3.63, 3.8) is 0 Å². The van der Waals surface area contributed by atoms with Gasteiger partial charge in [0.05, 0.1) is 4.92 Å². The molecule has 2 rings (SSSR count). The molecule has 0 aromatic carbocycles. The van der Waals surface area contributed by atoms with Crippen molar-refractivity contribution in [3.8, 4) is 0 Å². The Morgan fingerprint density at radius 3 is 2.67 bits per heavy atom. The Morgan fingerprint density at radius 2 is 2.14 bits per heavy atom. The average molecular weight is 296 g/mol. The maximum absolute atomic E-state index is 12.1. The summed E-state index contributed by atoms with van der Waals surface area (Å²) in [7, 11) is 0. The molecule has 0 atom stereocenters. The lowest BCUT2D eigenvalue weighted by atomic mass is 9.96. The molecule has 2 amide bonds. The van der Waals surface area contributed by atoms with Gasteiger partial charge in [0, 0.05) is 19.0 Å². The lowest BCUT2D eigenvalue weighted by Gasteiger charge is -2.31. The fraction of sp³-hybridized carbons (Fsp3) is 0.545. The van der Waals surface area contributed by atoms with Crippen LogP contribution in [-0.4, -0.2) is 44.5 Å². The highest BCUT2D eigenvalue weighted by molar-refractivity contribution is 5.79. The Morgan fingerprint density at radius 1 is 1.48 bits per heavy atom. The van der Waals surface area contributed by atoms with Crippen molar-refractivity contribution >= 4 is 17.5 Å². The molecule has 1 aromatic heterocycles. The van der Waals surface area contributed by atoms with Gasteiger partial charge in [0.15, 0.2) is 0 Å². The highest BCUT2D eigenvalue weighted by Crippen LogP contribution is 2.17. The zero-order valence-electron chi connectivity index (χ0n) is 11.3. The van der Waals surface area contributed by atoms with Crippen molar-refractivity contribution in [2.75, 3.05) is 13.1 Å². The van der Waals surface area contributed by atoms with Crippen LogP contribution in [0.5, 0.6) is 0 Å². The Labute approximate surface area is 120 Å². The summed E-state index contributed by atoms with van der Waals surface area (Å²) in [6.07, 6.45) is 3.42. The minimum absolute atomic E-state index is 0.0540. The molecule has 0 spiro atoms. The van der Waals surface area contributed by atoms with E-state index >= 15 is 0 Å². The summed E-state index contributed by atoms with van der Waals surface area (Å²) in [4.78, 5) is 35.0. The van der Waals surface area contributed by atoms with Crippen molar-refractivity contribution in [2.24, 2.45) is 11.8 Å². The van der Waals surface area contributed by atoms with E-state index in [-0.39, 0.29) is 30.0 Å². The van der Waals surface area contributed by atoms with E-state index in [1.54, 1.807) is 4.90 Å². The topological polar surface area (TPSA) is 136 Å². The molecule has 10 nitrogen and oxygen atoms in total. The van der Waals surface area contributed by atoms with Crippen molar-refractivity contribution in [3.05, 3.63) is 22.5 Å². The molecule has 1 saturated heterocycles. The van der Waals surface area contributed by atoms with E-state index in [4.69, 9.17) is 5.84 Å². The lowest BCUT2D eigenvalue weighted by Crippen LogP contribution is -2.45. The maximum Gasteiger partial charge on any atom is 0.307 e. The Hall–Kier alpha value is -2.49. The van der Waals surface area contributed by atoms with Crippen LogP contribution in [-0.2, 0) is 16.1 Å². The first-order valence-electron chi connectivity index (χ1n) is 6.46. The number of carbonyl (C=O) groups is 2. The quantitative estimate of drug-likeness (QED) is 0.317. The van der Waals surface area contributed by atoms with Gasteiger partial charge in [-0.15, -0.1) is 0 Å². The number of carbonyl (C=O) groups excluding carboxylic acids is 2. The fourth-order valence-corrected chi connectivity index (χ4v) is 2.28. The van der Waals surface area contributed by atoms with Crippen molar-refractivity contribution in [2.45, 2.75) is 19.4 Å². The molecule has 0 saturated carbocycles. The van der Waals surface area contributed by atoms with Gasteiger partial charge in [-0.25, -0.2) is 5.84 Å². The minimum atomic E-state index is -0.565. The van der Waals surface area contributed by atoms with E-state index in [1.807, 2.05) is 0 Å². The monoisotopic (exact) mass is 296 g/mol. The number of rotatable bonds is 4. The Bertz CT molecular complexity index is 549. The van der Waals surface area contributed by atoms with Gasteiger partial charge in [0.25, 0.3) is 0 Å². The largest absolute Gasteiger partial charge is 0.341 e. The maximum atomic E-state index is 12.1. The third-order valence-electron chi connectivity index (χ3n) is 3.49. The van der Waals surface area contributed by atoms with Crippen LogP contribution in [0.15, 0.2) is 12.4 Å². The molecule has 0 unspecified atom stereocenters. The first-order valence-corrected chi connectivity index (χ1v) is 6.46. The van der Waals surface area contributed by atoms with E-state index in [0.717, 1.165) is 6.20 Å². The number of nitrogens with one attached hydrogen (secondary N) is 1. The highest BCUT2D eigenvalue weighted by Gasteiger charge is 2.27. The van der Waals surface area contributed by atoms with Crippen LogP contribution in [0.2, 0.25) is 0 Å². The van der Waals surface area contributed by atoms with Crippen LogP contribution < -0.4 is 11.3 Å². The molecular formula is C11H16N6O4. The molecule has 1 fully saturated rings. The number of hydrogen-bond donors (Lipinski definition) is 2. The summed E-state index contributed by atoms with van der Waals surface area (Å²) in [5, 5.41) is 14.3. The van der Waals surface area contributed by atoms with Crippen LogP contribution in [0.3, 0.4) is 0 Å². The molecule has 10 heteroatoms. The second-order valence-corrected chi connectivity index (χ2v) is 4.82. The van der Waals surface area contributed by atoms with Crippen molar-refractivity contribution in [1.29, 1.82) is 0 Å². The van der Waals surface area contributed by atoms with Crippen LogP contribution in [0, 0.1) is 16.0 Å². The summed E-state index contributed by atoms with van der Waals surface area (Å²) in [5.74, 6) is 4.50. The number of aromatic nitrogens is 2. The number of piperidine rings is 1. The van der Waals surface area contributed by atoms with Gasteiger partial charge in [-0.1, -0.05) is 0 Å². The molecule has 1 aliphatic heterocycles. The van der Waals surface area contributed by atoms with E-state index < -0.39 is 4.92 Å². The molecule has 2 heterocycles. The van der Waals surface area contributed by atoms with Gasteiger partial charge in [0.1, 0.15) is 18.9 Å². The molecule has 0 radical (unpaired) electrons. The molecule has 3 N–H and O–H groups in total. The SMILES string of the molecule is NNC(=O)C1CCN(C(=O)Cn2cc([N+](=O)[O-])cn2)CC1. The zero-order chi connectivity index (χ0) is 15.4. The molecule has 1 aromatic rings. The Balaban J connectivity index is 1.87. The van der Waals surface area contributed by atoms with Gasteiger partial charge in [-0.2, -0.15) is 5.10 Å². The second-order valence-electron chi connectivity index (χ2n) is 4.82. The normalized spacial score (nSPS) is 15.8. The predicted molar refractivity (Wildman–Crippen MR) is 70.5 cm³/mol. The minimum Gasteiger partial charge on any atom is -0.341 e. The number of nitrogens with two attached hydrogens (primary N) is 1. The third kappa shape index (κ3) is 3.54. The molecule has 0 bridgehead atoms. The van der Waals surface area contributed by atoms with E-state index in [0.29, 0.717) is 25.9 Å². The summed E-state index contributed by atoms with van der Waals surface area (Å²) in [6, 6.07) is 0. The molecule has 1 aliphatic rings. The molecule has 114 valence electrons. The smallest absolute Gasteiger partial charge is 0.307 e. The van der Waals surface area contributed by atoms with E-state index in [2.05, 4.69) is 10.5 Å². The van der Waals surface area contributed by atoms with E-state index in [1.165, 1.54) is 10.9 Å². The number of likely N-dealkylation sites (tertiary alicyclic amines) is 1. The van der Waals surface area contributed by atoms with Gasteiger partial charge < -0.3 is 4.90 Å². The Kier molecular flexibility index (Phi) is 4.48. The first-order chi connectivity index (χ1) is 10.0. The summed E-state index contributed by atoms with van der Waals surface area (Å²) in [5.41, 5.74) is 1.96. The number of nitrogens with zero attached hydrogens (tertiary/aromatic N) is 4. The standard InChI is InChI=1S/C11H16N6O4/c12-14-11(19)8-1-3-15(4-2-8)10(18)7-16-6-9(5-13-16)17(20)21/h5-6,8H,1-4,7,12H2,(H,14,19). The summed E-state index contributed by atoms with van der Waals surface area (Å²) in [6.45, 7) is 0.863. The highest BCUT2D eigenvalue weighted by atomic mass is 16.6. The summed E-state index contributed by atoms with van der Waals surface area (Å²) < 4.78 is 1.24. The molecule has 0 aliphatic carbocycles. The van der Waals surface area contributed by atoms with Crippen molar-refractivity contribution in [1.82, 2.24) is 20.1 Å². The van der Waals surface area contributed by atoms with Crippen LogP contribution in [0.25, 0.3) is 0 Å².